The van der Waals surface area contributed by atoms with Crippen molar-refractivity contribution < 1.29 is 9.53 Å². The van der Waals surface area contributed by atoms with Crippen LogP contribution in [0.1, 0.15) is 12.7 Å². The van der Waals surface area contributed by atoms with Crippen LogP contribution >= 0.6 is 23.1 Å². The number of aromatic nitrogens is 4. The number of thioether (sulfide) groups is 1. The number of hydrogen-bond acceptors (Lipinski definition) is 8. The van der Waals surface area contributed by atoms with Crippen LogP contribution < -0.4 is 15.0 Å². The van der Waals surface area contributed by atoms with Gasteiger partial charge in [0.1, 0.15) is 12.4 Å². The maximum absolute atomic E-state index is 12.6. The molecule has 0 fully saturated rings. The van der Waals surface area contributed by atoms with E-state index in [0.29, 0.717) is 16.1 Å². The third-order valence-corrected chi connectivity index (χ3v) is 6.46. The van der Waals surface area contributed by atoms with E-state index in [4.69, 9.17) is 4.74 Å². The van der Waals surface area contributed by atoms with E-state index < -0.39 is 5.25 Å². The Hall–Kier alpha value is -3.37. The minimum atomic E-state index is -0.397. The lowest BCUT2D eigenvalue weighted by molar-refractivity contribution is -0.115. The van der Waals surface area contributed by atoms with Gasteiger partial charge < -0.3 is 15.0 Å². The van der Waals surface area contributed by atoms with Crippen LogP contribution in [0.3, 0.4) is 0 Å². The summed E-state index contributed by atoms with van der Waals surface area (Å²) in [7, 11) is 3.97. The lowest BCUT2D eigenvalue weighted by Gasteiger charge is -2.15. The molecule has 2 aromatic carbocycles. The van der Waals surface area contributed by atoms with Crippen LogP contribution in [0.5, 0.6) is 5.75 Å². The number of carbonyl (C=O) groups excluding carboxylic acids is 1. The van der Waals surface area contributed by atoms with Crippen molar-refractivity contribution in [2.45, 2.75) is 23.9 Å². The summed E-state index contributed by atoms with van der Waals surface area (Å²) in [6, 6.07) is 17.7. The van der Waals surface area contributed by atoms with E-state index in [9.17, 15) is 4.79 Å². The smallest absolute Gasteiger partial charge is 0.239 e. The van der Waals surface area contributed by atoms with Crippen LogP contribution in [-0.4, -0.2) is 45.0 Å². The first-order valence-corrected chi connectivity index (χ1v) is 12.0. The second-order valence-corrected chi connectivity index (χ2v) is 9.54. The summed E-state index contributed by atoms with van der Waals surface area (Å²) in [5.74, 6) is 1.25. The van der Waals surface area contributed by atoms with Gasteiger partial charge in [0.25, 0.3) is 0 Å². The molecular formula is C23H24N6O2S2. The molecule has 0 aliphatic rings. The van der Waals surface area contributed by atoms with E-state index in [0.717, 1.165) is 17.1 Å². The zero-order valence-corrected chi connectivity index (χ0v) is 20.1. The molecule has 0 radical (unpaired) electrons. The van der Waals surface area contributed by atoms with E-state index in [1.54, 1.807) is 6.20 Å². The molecule has 4 rings (SSSR count). The second kappa shape index (κ2) is 10.5. The zero-order valence-electron chi connectivity index (χ0n) is 18.5. The van der Waals surface area contributed by atoms with Gasteiger partial charge in [0.15, 0.2) is 16.1 Å². The maximum Gasteiger partial charge on any atom is 0.239 e. The van der Waals surface area contributed by atoms with Crippen molar-refractivity contribution in [1.82, 2.24) is 19.7 Å². The maximum atomic E-state index is 12.6. The van der Waals surface area contributed by atoms with Crippen LogP contribution in [-0.2, 0) is 11.4 Å². The van der Waals surface area contributed by atoms with Gasteiger partial charge in [-0.25, -0.2) is 4.98 Å². The number of ether oxygens (including phenoxy) is 1. The van der Waals surface area contributed by atoms with E-state index >= 15 is 0 Å². The van der Waals surface area contributed by atoms with Crippen LogP contribution in [0.4, 0.5) is 10.8 Å². The number of benzene rings is 2. The van der Waals surface area contributed by atoms with Gasteiger partial charge in [0.2, 0.25) is 5.91 Å². The normalized spacial score (nSPS) is 11.7. The Kier molecular flexibility index (Phi) is 7.26. The fourth-order valence-corrected chi connectivity index (χ4v) is 4.43. The van der Waals surface area contributed by atoms with Crippen LogP contribution in [0, 0.1) is 0 Å². The van der Waals surface area contributed by atoms with Crippen molar-refractivity contribution >= 4 is 39.8 Å². The highest BCUT2D eigenvalue weighted by molar-refractivity contribution is 8.00. The monoisotopic (exact) mass is 480 g/mol. The second-order valence-electron chi connectivity index (χ2n) is 7.34. The van der Waals surface area contributed by atoms with E-state index in [-0.39, 0.29) is 12.5 Å². The quantitative estimate of drug-likeness (QED) is 0.353. The van der Waals surface area contributed by atoms with Gasteiger partial charge in [-0.15, -0.1) is 21.5 Å². The molecule has 0 aliphatic carbocycles. The first-order chi connectivity index (χ1) is 16.0. The van der Waals surface area contributed by atoms with Crippen molar-refractivity contribution in [3.8, 4) is 11.4 Å². The minimum Gasteiger partial charge on any atom is -0.486 e. The average Bonchev–Trinajstić information content (AvgIpc) is 3.48. The number of para-hydroxylation sites is 1. The third kappa shape index (κ3) is 5.71. The van der Waals surface area contributed by atoms with Crippen molar-refractivity contribution in [2.24, 2.45) is 0 Å². The predicted molar refractivity (Wildman–Crippen MR) is 133 cm³/mol. The Bertz CT molecular complexity index is 1190. The number of thiazole rings is 1. The fourth-order valence-electron chi connectivity index (χ4n) is 3.01. The Morgan fingerprint density at radius 1 is 1.18 bits per heavy atom. The SMILES string of the molecule is C[C@H](Sc1nnc(COc2cccc(N(C)C)c2)n1-c1ccccc1)C(=O)Nc1nccs1. The van der Waals surface area contributed by atoms with Crippen LogP contribution in [0.25, 0.3) is 5.69 Å². The van der Waals surface area contributed by atoms with Gasteiger partial charge in [-0.05, 0) is 31.2 Å². The van der Waals surface area contributed by atoms with Gasteiger partial charge in [-0.3, -0.25) is 9.36 Å². The molecule has 0 saturated carbocycles. The molecule has 0 bridgehead atoms. The summed E-state index contributed by atoms with van der Waals surface area (Å²) in [5.41, 5.74) is 1.95. The topological polar surface area (TPSA) is 85.2 Å². The molecule has 2 aromatic heterocycles. The first-order valence-electron chi connectivity index (χ1n) is 10.3. The minimum absolute atomic E-state index is 0.143. The van der Waals surface area contributed by atoms with E-state index in [1.807, 2.05) is 90.5 Å². The Morgan fingerprint density at radius 3 is 2.73 bits per heavy atom. The van der Waals surface area contributed by atoms with E-state index in [2.05, 4.69) is 20.5 Å². The first kappa shape index (κ1) is 22.8. The Balaban J connectivity index is 1.54. The summed E-state index contributed by atoms with van der Waals surface area (Å²) in [6.45, 7) is 2.07. The zero-order chi connectivity index (χ0) is 23.2. The summed E-state index contributed by atoms with van der Waals surface area (Å²) >= 11 is 2.72. The van der Waals surface area contributed by atoms with Gasteiger partial charge >= 0.3 is 0 Å². The van der Waals surface area contributed by atoms with Gasteiger partial charge in [0.05, 0.1) is 5.25 Å². The number of anilines is 2. The summed E-state index contributed by atoms with van der Waals surface area (Å²) < 4.78 is 7.96. The number of nitrogens with one attached hydrogen (secondary N) is 1. The average molecular weight is 481 g/mol. The molecule has 1 N–H and O–H groups in total. The number of amides is 1. The standard InChI is InChI=1S/C23H24N6O2S2/c1-16(21(30)25-22-24-12-13-32-22)33-23-27-26-20(29(23)17-8-5-4-6-9-17)15-31-19-11-7-10-18(14-19)28(2)3/h4-14,16H,15H2,1-3H3,(H,24,25,30)/t16-/m0/s1. The highest BCUT2D eigenvalue weighted by Crippen LogP contribution is 2.28. The molecule has 1 atom stereocenters. The highest BCUT2D eigenvalue weighted by Gasteiger charge is 2.22. The summed E-state index contributed by atoms with van der Waals surface area (Å²) in [4.78, 5) is 18.7. The number of hydrogen-bond donors (Lipinski definition) is 1. The van der Waals surface area contributed by atoms with Crippen molar-refractivity contribution in [3.63, 3.8) is 0 Å². The molecule has 8 nitrogen and oxygen atoms in total. The Morgan fingerprint density at radius 2 is 2.00 bits per heavy atom. The lowest BCUT2D eigenvalue weighted by Crippen LogP contribution is -2.22. The van der Waals surface area contributed by atoms with E-state index in [1.165, 1.54) is 23.1 Å². The van der Waals surface area contributed by atoms with Gasteiger partial charge in [-0.2, -0.15) is 0 Å². The summed E-state index contributed by atoms with van der Waals surface area (Å²) in [5, 5.41) is 14.2. The predicted octanol–water partition coefficient (Wildman–Crippen LogP) is 4.49. The molecule has 0 aliphatic heterocycles. The number of nitrogens with zero attached hydrogens (tertiary/aromatic N) is 5. The Labute approximate surface area is 200 Å². The highest BCUT2D eigenvalue weighted by atomic mass is 32.2. The lowest BCUT2D eigenvalue weighted by atomic mass is 10.3. The number of rotatable bonds is 9. The van der Waals surface area contributed by atoms with Crippen molar-refractivity contribution in [1.29, 1.82) is 0 Å². The number of carbonyl (C=O) groups is 1. The molecule has 0 saturated heterocycles. The van der Waals surface area contributed by atoms with Crippen LogP contribution in [0.15, 0.2) is 71.3 Å². The molecule has 10 heteroatoms. The van der Waals surface area contributed by atoms with Gasteiger partial charge in [-0.1, -0.05) is 36.0 Å². The molecule has 2 heterocycles. The largest absolute Gasteiger partial charge is 0.486 e. The van der Waals surface area contributed by atoms with Gasteiger partial charge in [0, 0.05) is 43.1 Å². The molecule has 170 valence electrons. The summed E-state index contributed by atoms with van der Waals surface area (Å²) in [6.07, 6.45) is 1.66. The van der Waals surface area contributed by atoms with Crippen molar-refractivity contribution in [2.75, 3.05) is 24.3 Å². The van der Waals surface area contributed by atoms with Crippen molar-refractivity contribution in [3.05, 3.63) is 72.0 Å². The molecular weight excluding hydrogens is 456 g/mol. The van der Waals surface area contributed by atoms with Crippen LogP contribution in [0.2, 0.25) is 0 Å². The molecule has 0 spiro atoms. The third-order valence-electron chi connectivity index (χ3n) is 4.73. The molecule has 4 aromatic rings. The molecule has 1 amide bonds. The molecule has 0 unspecified atom stereocenters. The molecule has 33 heavy (non-hydrogen) atoms. The fraction of sp³-hybridized carbons (Fsp3) is 0.217.